The smallest absolute Gasteiger partial charge is 0.315 e. The van der Waals surface area contributed by atoms with Crippen LogP contribution in [0.3, 0.4) is 0 Å². The molecule has 0 spiro atoms. The Bertz CT molecular complexity index is 1340. The molecule has 0 aromatic rings. The van der Waals surface area contributed by atoms with Crippen LogP contribution in [0.15, 0.2) is 12.7 Å². The number of rotatable bonds is 10. The topological polar surface area (TPSA) is 171 Å². The summed E-state index contributed by atoms with van der Waals surface area (Å²) in [5, 5.41) is 11.3. The SMILES string of the molecule is C=CCNC(=O)C(=O)[C@@H]1CCCCCCCCC[C@H](NC(=O)NC2(CS(=O)(=O)C(C)(C)C)CCCCC2)C(=O)N2C[C@H](CC(C)C)C[C@H]2C(=O)N1. The van der Waals surface area contributed by atoms with Crippen LogP contribution in [-0.4, -0.2) is 90.1 Å². The van der Waals surface area contributed by atoms with Gasteiger partial charge in [-0.25, -0.2) is 13.2 Å². The first kappa shape index (κ1) is 42.5. The zero-order chi connectivity index (χ0) is 37.8. The van der Waals surface area contributed by atoms with E-state index in [1.807, 2.05) is 0 Å². The molecule has 0 radical (unpaired) electrons. The first-order valence-electron chi connectivity index (χ1n) is 19.3. The molecule has 3 rings (SSSR count). The van der Waals surface area contributed by atoms with E-state index in [4.69, 9.17) is 0 Å². The Morgan fingerprint density at radius 1 is 0.961 bits per heavy atom. The van der Waals surface area contributed by atoms with Gasteiger partial charge in [-0.2, -0.15) is 0 Å². The third kappa shape index (κ3) is 12.6. The zero-order valence-electron chi connectivity index (χ0n) is 31.8. The lowest BCUT2D eigenvalue weighted by Gasteiger charge is -2.40. The second-order valence-corrected chi connectivity index (χ2v) is 19.3. The number of nitrogens with one attached hydrogen (secondary N) is 4. The highest BCUT2D eigenvalue weighted by Gasteiger charge is 2.45. The molecular weight excluding hydrogens is 671 g/mol. The summed E-state index contributed by atoms with van der Waals surface area (Å²) in [4.78, 5) is 69.7. The number of urea groups is 1. The molecule has 0 aromatic heterocycles. The van der Waals surface area contributed by atoms with E-state index >= 15 is 0 Å². The quantitative estimate of drug-likeness (QED) is 0.186. The molecule has 4 atom stereocenters. The summed E-state index contributed by atoms with van der Waals surface area (Å²) < 4.78 is 25.7. The molecule has 2 saturated heterocycles. The fourth-order valence-corrected chi connectivity index (χ4v) is 9.31. The number of carbonyl (C=O) groups excluding carboxylic acids is 5. The molecule has 12 nitrogen and oxygen atoms in total. The molecule has 3 fully saturated rings. The first-order valence-corrected chi connectivity index (χ1v) is 21.0. The molecule has 2 heterocycles. The van der Waals surface area contributed by atoms with Crippen molar-refractivity contribution in [2.24, 2.45) is 11.8 Å². The molecule has 51 heavy (non-hydrogen) atoms. The van der Waals surface area contributed by atoms with Crippen molar-refractivity contribution >= 4 is 39.4 Å². The molecule has 0 aromatic carbocycles. The third-order valence-corrected chi connectivity index (χ3v) is 13.5. The number of fused-ring (bicyclic) bond motifs is 1. The van der Waals surface area contributed by atoms with E-state index in [-0.39, 0.29) is 24.1 Å². The number of hydrogen-bond donors (Lipinski definition) is 4. The van der Waals surface area contributed by atoms with Crippen molar-refractivity contribution in [1.82, 2.24) is 26.2 Å². The minimum atomic E-state index is -3.55. The Morgan fingerprint density at radius 3 is 2.14 bits per heavy atom. The standard InChI is InChI=1S/C38H65N5O7S/c1-7-22-39-34(46)32(44)29-18-14-11-9-8-10-12-15-19-30(35(47)43-25-28(23-27(2)3)24-31(43)33(45)40-29)41-36(48)42-38(20-16-13-17-21-38)26-51(49,50)37(4,5)6/h7,27-31H,1,8-26H2,2-6H3,(H,39,46)(H,40,45)(H2,41,42,48)/t28-,29+,30+,31+/m1/s1. The van der Waals surface area contributed by atoms with Gasteiger partial charge in [-0.1, -0.05) is 84.1 Å². The van der Waals surface area contributed by atoms with Crippen LogP contribution in [0.5, 0.6) is 0 Å². The summed E-state index contributed by atoms with van der Waals surface area (Å²) in [5.41, 5.74) is -0.937. The Labute approximate surface area is 306 Å². The molecule has 13 heteroatoms. The number of hydrogen-bond acceptors (Lipinski definition) is 7. The Hall–Kier alpha value is -2.96. The van der Waals surface area contributed by atoms with E-state index in [9.17, 15) is 32.4 Å². The van der Waals surface area contributed by atoms with Crippen molar-refractivity contribution in [3.05, 3.63) is 12.7 Å². The van der Waals surface area contributed by atoms with E-state index in [0.29, 0.717) is 57.4 Å². The summed E-state index contributed by atoms with van der Waals surface area (Å²) in [7, 11) is -3.55. The maximum absolute atomic E-state index is 14.5. The van der Waals surface area contributed by atoms with Gasteiger partial charge in [0.1, 0.15) is 12.1 Å². The molecule has 4 N–H and O–H groups in total. The van der Waals surface area contributed by atoms with Crippen LogP contribution in [0.4, 0.5) is 4.79 Å². The number of carbonyl (C=O) groups is 5. The molecule has 1 saturated carbocycles. The highest BCUT2D eigenvalue weighted by Crippen LogP contribution is 2.33. The Kier molecular flexibility index (Phi) is 16.0. The second kappa shape index (κ2) is 19.2. The van der Waals surface area contributed by atoms with Crippen molar-refractivity contribution in [3.63, 3.8) is 0 Å². The van der Waals surface area contributed by atoms with Crippen molar-refractivity contribution in [1.29, 1.82) is 0 Å². The van der Waals surface area contributed by atoms with Gasteiger partial charge in [-0.05, 0) is 71.1 Å². The zero-order valence-corrected chi connectivity index (χ0v) is 32.6. The summed E-state index contributed by atoms with van der Waals surface area (Å²) in [6.45, 7) is 13.2. The molecule has 5 amide bonds. The lowest BCUT2D eigenvalue weighted by atomic mass is 9.83. The Morgan fingerprint density at radius 2 is 1.55 bits per heavy atom. The highest BCUT2D eigenvalue weighted by atomic mass is 32.2. The predicted molar refractivity (Wildman–Crippen MR) is 200 cm³/mol. The lowest BCUT2D eigenvalue weighted by Crippen LogP contribution is -2.61. The van der Waals surface area contributed by atoms with Gasteiger partial charge in [0.05, 0.1) is 22.1 Å². The van der Waals surface area contributed by atoms with Gasteiger partial charge in [0.2, 0.25) is 17.6 Å². The number of ketones is 1. The van der Waals surface area contributed by atoms with Gasteiger partial charge in [-0.3, -0.25) is 19.2 Å². The third-order valence-electron chi connectivity index (χ3n) is 10.7. The summed E-state index contributed by atoms with van der Waals surface area (Å²) in [5.74, 6) is -2.15. The van der Waals surface area contributed by atoms with E-state index < -0.39 is 61.9 Å². The molecule has 2 aliphatic heterocycles. The van der Waals surface area contributed by atoms with E-state index in [1.54, 1.807) is 25.7 Å². The maximum atomic E-state index is 14.5. The minimum absolute atomic E-state index is 0.0411. The monoisotopic (exact) mass is 735 g/mol. The number of nitrogens with zero attached hydrogens (tertiary/aromatic N) is 1. The van der Waals surface area contributed by atoms with Crippen LogP contribution in [0, 0.1) is 11.8 Å². The van der Waals surface area contributed by atoms with E-state index in [0.717, 1.165) is 57.8 Å². The molecule has 1 aliphatic carbocycles. The van der Waals surface area contributed by atoms with Gasteiger partial charge < -0.3 is 26.2 Å². The average molecular weight is 736 g/mol. The maximum Gasteiger partial charge on any atom is 0.315 e. The van der Waals surface area contributed by atoms with Crippen LogP contribution >= 0.6 is 0 Å². The average Bonchev–Trinajstić information content (AvgIpc) is 3.46. The second-order valence-electron chi connectivity index (χ2n) is 16.6. The first-order chi connectivity index (χ1) is 24.0. The largest absolute Gasteiger partial charge is 0.346 e. The Balaban J connectivity index is 1.90. The lowest BCUT2D eigenvalue weighted by molar-refractivity contribution is -0.142. The van der Waals surface area contributed by atoms with Gasteiger partial charge >= 0.3 is 6.03 Å². The minimum Gasteiger partial charge on any atom is -0.346 e. The molecule has 3 aliphatic rings. The van der Waals surface area contributed by atoms with Crippen LogP contribution in [0.25, 0.3) is 0 Å². The summed E-state index contributed by atoms with van der Waals surface area (Å²) in [6, 6.07) is -3.39. The normalized spacial score (nSPS) is 25.7. The van der Waals surface area contributed by atoms with Gasteiger partial charge in [0.25, 0.3) is 5.91 Å². The van der Waals surface area contributed by atoms with Gasteiger partial charge in [-0.15, -0.1) is 6.58 Å². The van der Waals surface area contributed by atoms with Crippen molar-refractivity contribution in [2.45, 2.75) is 166 Å². The molecule has 0 unspecified atom stereocenters. The van der Waals surface area contributed by atoms with E-state index in [1.165, 1.54) is 6.08 Å². The van der Waals surface area contributed by atoms with Crippen LogP contribution in [0.1, 0.15) is 137 Å². The number of amides is 5. The van der Waals surface area contributed by atoms with Crippen LogP contribution in [0.2, 0.25) is 0 Å². The molecule has 0 bridgehead atoms. The van der Waals surface area contributed by atoms with E-state index in [2.05, 4.69) is 41.7 Å². The molecular formula is C38H65N5O7S. The van der Waals surface area contributed by atoms with Gasteiger partial charge in [0, 0.05) is 13.1 Å². The van der Waals surface area contributed by atoms with Gasteiger partial charge in [0.15, 0.2) is 9.84 Å². The molecule has 290 valence electrons. The van der Waals surface area contributed by atoms with Crippen molar-refractivity contribution in [2.75, 3.05) is 18.8 Å². The number of sulfone groups is 1. The number of Topliss-reactive ketones (excluding diaryl/α,β-unsaturated/α-hetero) is 1. The summed E-state index contributed by atoms with van der Waals surface area (Å²) in [6.07, 6.45) is 13.0. The fourth-order valence-electron chi connectivity index (χ4n) is 7.79. The highest BCUT2D eigenvalue weighted by molar-refractivity contribution is 7.92. The van der Waals surface area contributed by atoms with Crippen LogP contribution in [-0.2, 0) is 29.0 Å². The van der Waals surface area contributed by atoms with Crippen molar-refractivity contribution in [3.8, 4) is 0 Å². The van der Waals surface area contributed by atoms with Crippen molar-refractivity contribution < 1.29 is 32.4 Å². The van der Waals surface area contributed by atoms with Crippen LogP contribution < -0.4 is 21.3 Å². The predicted octanol–water partition coefficient (Wildman–Crippen LogP) is 4.71. The summed E-state index contributed by atoms with van der Waals surface area (Å²) >= 11 is 0. The fraction of sp³-hybridized carbons (Fsp3) is 0.816.